The molecule has 0 aliphatic carbocycles. The fourth-order valence-electron chi connectivity index (χ4n) is 3.40. The summed E-state index contributed by atoms with van der Waals surface area (Å²) >= 11 is 0. The Kier molecular flexibility index (Phi) is 4.05. The number of aliphatic carboxylic acids is 1. The molecular formula is C18H19NO4. The van der Waals surface area contributed by atoms with Gasteiger partial charge in [0.25, 0.3) is 5.91 Å². The first-order chi connectivity index (χ1) is 11.1. The first-order valence-corrected chi connectivity index (χ1v) is 7.62. The number of benzene rings is 2. The molecule has 0 spiro atoms. The lowest BCUT2D eigenvalue weighted by molar-refractivity contribution is -0.151. The first kappa shape index (κ1) is 15.5. The number of carboxylic acids is 1. The van der Waals surface area contributed by atoms with E-state index in [1.54, 1.807) is 6.07 Å². The number of rotatable bonds is 4. The van der Waals surface area contributed by atoms with Crippen molar-refractivity contribution in [2.24, 2.45) is 0 Å². The molecule has 1 saturated heterocycles. The molecular weight excluding hydrogens is 294 g/mol. The van der Waals surface area contributed by atoms with Crippen LogP contribution in [0.3, 0.4) is 0 Å². The molecule has 3 rings (SSSR count). The van der Waals surface area contributed by atoms with E-state index in [9.17, 15) is 14.7 Å². The van der Waals surface area contributed by atoms with Crippen LogP contribution in [0, 0.1) is 0 Å². The highest BCUT2D eigenvalue weighted by atomic mass is 16.5. The summed E-state index contributed by atoms with van der Waals surface area (Å²) in [5, 5.41) is 11.5. The van der Waals surface area contributed by atoms with E-state index < -0.39 is 11.5 Å². The fourth-order valence-corrected chi connectivity index (χ4v) is 3.40. The van der Waals surface area contributed by atoms with Crippen molar-refractivity contribution in [2.75, 3.05) is 20.3 Å². The summed E-state index contributed by atoms with van der Waals surface area (Å²) in [5.74, 6) is -1.26. The zero-order valence-corrected chi connectivity index (χ0v) is 13.0. The van der Waals surface area contributed by atoms with Crippen LogP contribution in [-0.4, -0.2) is 47.7 Å². The van der Waals surface area contributed by atoms with Gasteiger partial charge in [0, 0.05) is 19.2 Å². The Morgan fingerprint density at radius 2 is 1.96 bits per heavy atom. The molecule has 1 amide bonds. The monoisotopic (exact) mass is 313 g/mol. The third kappa shape index (κ3) is 2.47. The summed E-state index contributed by atoms with van der Waals surface area (Å²) in [6, 6.07) is 13.1. The number of methoxy groups -OCH3 is 1. The third-order valence-electron chi connectivity index (χ3n) is 4.54. The van der Waals surface area contributed by atoms with Gasteiger partial charge in [-0.2, -0.15) is 0 Å². The number of fused-ring (bicyclic) bond motifs is 1. The van der Waals surface area contributed by atoms with Crippen molar-refractivity contribution in [3.05, 3.63) is 48.0 Å². The molecule has 0 radical (unpaired) electrons. The highest BCUT2D eigenvalue weighted by molar-refractivity contribution is 6.08. The normalized spacial score (nSPS) is 20.8. The molecule has 5 nitrogen and oxygen atoms in total. The number of likely N-dealkylation sites (tertiary alicyclic amines) is 1. The Balaban J connectivity index is 2.06. The van der Waals surface area contributed by atoms with Crippen LogP contribution in [0.5, 0.6) is 0 Å². The van der Waals surface area contributed by atoms with Crippen molar-refractivity contribution < 1.29 is 19.4 Å². The number of hydrogen-bond acceptors (Lipinski definition) is 3. The van der Waals surface area contributed by atoms with Crippen molar-refractivity contribution in [3.8, 4) is 0 Å². The molecule has 1 aliphatic rings. The smallest absolute Gasteiger partial charge is 0.332 e. The van der Waals surface area contributed by atoms with Gasteiger partial charge in [0.1, 0.15) is 0 Å². The van der Waals surface area contributed by atoms with E-state index in [0.29, 0.717) is 24.9 Å². The Hall–Kier alpha value is -2.40. The van der Waals surface area contributed by atoms with Gasteiger partial charge < -0.3 is 14.7 Å². The molecule has 2 aromatic rings. The summed E-state index contributed by atoms with van der Waals surface area (Å²) in [6.07, 6.45) is 1.07. The van der Waals surface area contributed by atoms with E-state index in [-0.39, 0.29) is 12.5 Å². The van der Waals surface area contributed by atoms with Gasteiger partial charge in [-0.1, -0.05) is 36.4 Å². The average molecular weight is 313 g/mol. The van der Waals surface area contributed by atoms with Crippen molar-refractivity contribution in [2.45, 2.75) is 18.4 Å². The molecule has 2 aromatic carbocycles. The number of hydrogen-bond donors (Lipinski definition) is 1. The summed E-state index contributed by atoms with van der Waals surface area (Å²) in [7, 11) is 1.46. The summed E-state index contributed by atoms with van der Waals surface area (Å²) in [5.41, 5.74) is -0.741. The lowest BCUT2D eigenvalue weighted by Crippen LogP contribution is -2.56. The predicted octanol–water partition coefficient (Wildman–Crippen LogP) is 2.55. The molecule has 1 fully saturated rings. The molecule has 1 heterocycles. The van der Waals surface area contributed by atoms with E-state index in [0.717, 1.165) is 10.8 Å². The second-order valence-corrected chi connectivity index (χ2v) is 5.86. The number of ether oxygens (including phenoxy) is 1. The van der Waals surface area contributed by atoms with Gasteiger partial charge >= 0.3 is 5.97 Å². The van der Waals surface area contributed by atoms with Crippen LogP contribution in [0.25, 0.3) is 10.8 Å². The second kappa shape index (κ2) is 6.01. The van der Waals surface area contributed by atoms with Crippen molar-refractivity contribution in [1.82, 2.24) is 4.90 Å². The van der Waals surface area contributed by atoms with Crippen LogP contribution in [0.4, 0.5) is 0 Å². The Morgan fingerprint density at radius 3 is 2.70 bits per heavy atom. The number of carbonyl (C=O) groups is 2. The van der Waals surface area contributed by atoms with E-state index >= 15 is 0 Å². The van der Waals surface area contributed by atoms with Crippen molar-refractivity contribution in [3.63, 3.8) is 0 Å². The Labute approximate surface area is 134 Å². The van der Waals surface area contributed by atoms with E-state index in [1.165, 1.54) is 12.0 Å². The summed E-state index contributed by atoms with van der Waals surface area (Å²) in [4.78, 5) is 26.4. The number of nitrogens with zero attached hydrogens (tertiary/aromatic N) is 1. The SMILES string of the molecule is COCC1(C(=O)O)CCCN1C(=O)c1cccc2ccccc12. The van der Waals surface area contributed by atoms with E-state index in [2.05, 4.69) is 0 Å². The molecule has 23 heavy (non-hydrogen) atoms. The molecule has 120 valence electrons. The molecule has 0 aromatic heterocycles. The van der Waals surface area contributed by atoms with E-state index in [1.807, 2.05) is 36.4 Å². The topological polar surface area (TPSA) is 66.8 Å². The first-order valence-electron chi connectivity index (χ1n) is 7.62. The van der Waals surface area contributed by atoms with Gasteiger partial charge in [-0.3, -0.25) is 4.79 Å². The van der Waals surface area contributed by atoms with Crippen molar-refractivity contribution >= 4 is 22.6 Å². The van der Waals surface area contributed by atoms with Gasteiger partial charge in [-0.15, -0.1) is 0 Å². The standard InChI is InChI=1S/C18H19NO4/c1-23-12-18(17(21)22)10-5-11-19(18)16(20)15-9-4-7-13-6-2-3-8-14(13)15/h2-4,6-9H,5,10-12H2,1H3,(H,21,22). The largest absolute Gasteiger partial charge is 0.479 e. The average Bonchev–Trinajstić information content (AvgIpc) is 2.99. The lowest BCUT2D eigenvalue weighted by Gasteiger charge is -2.34. The van der Waals surface area contributed by atoms with Crippen LogP contribution in [0.2, 0.25) is 0 Å². The molecule has 1 atom stereocenters. The minimum atomic E-state index is -1.28. The summed E-state index contributed by atoms with van der Waals surface area (Å²) in [6.45, 7) is 0.427. The third-order valence-corrected chi connectivity index (χ3v) is 4.54. The van der Waals surface area contributed by atoms with Crippen LogP contribution in [-0.2, 0) is 9.53 Å². The molecule has 0 bridgehead atoms. The maximum Gasteiger partial charge on any atom is 0.332 e. The van der Waals surface area contributed by atoms with Gasteiger partial charge in [0.15, 0.2) is 5.54 Å². The van der Waals surface area contributed by atoms with Crippen LogP contribution >= 0.6 is 0 Å². The molecule has 5 heteroatoms. The molecule has 1 aliphatic heterocycles. The maximum absolute atomic E-state index is 13.1. The zero-order valence-electron chi connectivity index (χ0n) is 13.0. The van der Waals surface area contributed by atoms with Crippen LogP contribution in [0.1, 0.15) is 23.2 Å². The predicted molar refractivity (Wildman–Crippen MR) is 86.5 cm³/mol. The Bertz CT molecular complexity index is 752. The molecule has 1 N–H and O–H groups in total. The number of amides is 1. The molecule has 1 unspecified atom stereocenters. The van der Waals surface area contributed by atoms with Gasteiger partial charge in [0.2, 0.25) is 0 Å². The zero-order chi connectivity index (χ0) is 16.4. The highest BCUT2D eigenvalue weighted by Crippen LogP contribution is 2.33. The molecule has 0 saturated carbocycles. The minimum absolute atomic E-state index is 0.00115. The number of carbonyl (C=O) groups excluding carboxylic acids is 1. The number of carboxylic acid groups (broad SMARTS) is 1. The second-order valence-electron chi connectivity index (χ2n) is 5.86. The highest BCUT2D eigenvalue weighted by Gasteiger charge is 2.50. The fraction of sp³-hybridized carbons (Fsp3) is 0.333. The van der Waals surface area contributed by atoms with Gasteiger partial charge in [-0.25, -0.2) is 4.79 Å². The Morgan fingerprint density at radius 1 is 1.22 bits per heavy atom. The quantitative estimate of drug-likeness (QED) is 0.942. The van der Waals surface area contributed by atoms with Crippen molar-refractivity contribution in [1.29, 1.82) is 0 Å². The lowest BCUT2D eigenvalue weighted by atomic mass is 9.95. The van der Waals surface area contributed by atoms with Crippen LogP contribution < -0.4 is 0 Å². The minimum Gasteiger partial charge on any atom is -0.479 e. The van der Waals surface area contributed by atoms with Crippen LogP contribution in [0.15, 0.2) is 42.5 Å². The maximum atomic E-state index is 13.1. The van der Waals surface area contributed by atoms with Gasteiger partial charge in [0.05, 0.1) is 6.61 Å². The van der Waals surface area contributed by atoms with E-state index in [4.69, 9.17) is 4.74 Å². The summed E-state index contributed by atoms with van der Waals surface area (Å²) < 4.78 is 5.12. The van der Waals surface area contributed by atoms with Gasteiger partial charge in [-0.05, 0) is 29.7 Å².